The Morgan fingerprint density at radius 3 is 3.11 bits per heavy atom. The third-order valence-electron chi connectivity index (χ3n) is 2.83. The normalized spacial score (nSPS) is 13.0. The van der Waals surface area contributed by atoms with Crippen LogP contribution < -0.4 is 10.6 Å². The predicted molar refractivity (Wildman–Crippen MR) is 67.0 cm³/mol. The number of carbonyl (C=O) groups excluding carboxylic acids is 1. The first kappa shape index (κ1) is 10.7. The fourth-order valence-electron chi connectivity index (χ4n) is 1.90. The van der Waals surface area contributed by atoms with Gasteiger partial charge in [0, 0.05) is 18.9 Å². The lowest BCUT2D eigenvalue weighted by Gasteiger charge is -2.06. The van der Waals surface area contributed by atoms with Gasteiger partial charge in [0.1, 0.15) is 5.82 Å². The molecule has 0 aromatic carbocycles. The number of hydrogen-bond acceptors (Lipinski definition) is 4. The van der Waals surface area contributed by atoms with Gasteiger partial charge >= 0.3 is 0 Å². The number of nitrogens with one attached hydrogen (secondary N) is 2. The van der Waals surface area contributed by atoms with Gasteiger partial charge in [0.25, 0.3) is 5.91 Å². The molecule has 2 aromatic heterocycles. The van der Waals surface area contributed by atoms with Crippen molar-refractivity contribution in [2.24, 2.45) is 0 Å². The monoisotopic (exact) mass is 240 g/mol. The molecule has 0 atom stereocenters. The predicted octanol–water partition coefficient (Wildman–Crippen LogP) is 1.33. The number of pyridine rings is 2. The number of nitrogens with zero attached hydrogens (tertiary/aromatic N) is 2. The molecule has 5 heteroatoms. The van der Waals surface area contributed by atoms with E-state index in [2.05, 4.69) is 20.6 Å². The number of anilines is 1. The van der Waals surface area contributed by atoms with Crippen LogP contribution in [-0.4, -0.2) is 15.9 Å². The molecule has 3 heterocycles. The van der Waals surface area contributed by atoms with E-state index in [1.165, 1.54) is 0 Å². The molecule has 2 N–H and O–H groups in total. The zero-order chi connectivity index (χ0) is 12.4. The summed E-state index contributed by atoms with van der Waals surface area (Å²) in [4.78, 5) is 19.8. The Labute approximate surface area is 104 Å². The Bertz CT molecular complexity index is 583. The van der Waals surface area contributed by atoms with Crippen molar-refractivity contribution in [3.8, 4) is 0 Å². The average Bonchev–Trinajstić information content (AvgIpc) is 2.79. The zero-order valence-corrected chi connectivity index (χ0v) is 9.68. The van der Waals surface area contributed by atoms with Gasteiger partial charge in [0.15, 0.2) is 0 Å². The van der Waals surface area contributed by atoms with Gasteiger partial charge in [-0.05, 0) is 23.8 Å². The molecule has 0 bridgehead atoms. The largest absolute Gasteiger partial charge is 0.366 e. The number of rotatable bonds is 3. The lowest BCUT2D eigenvalue weighted by molar-refractivity contribution is 0.0966. The minimum Gasteiger partial charge on any atom is -0.366 e. The Morgan fingerprint density at radius 2 is 2.28 bits per heavy atom. The fraction of sp³-hybridized carbons (Fsp3) is 0.154. The second-order valence-corrected chi connectivity index (χ2v) is 4.09. The summed E-state index contributed by atoms with van der Waals surface area (Å²) in [6.07, 6.45) is 3.56. The van der Waals surface area contributed by atoms with Gasteiger partial charge < -0.3 is 10.6 Å². The summed E-state index contributed by atoms with van der Waals surface area (Å²) < 4.78 is 0. The van der Waals surface area contributed by atoms with Crippen LogP contribution >= 0.6 is 0 Å². The van der Waals surface area contributed by atoms with Gasteiger partial charge in [-0.1, -0.05) is 6.07 Å². The first-order valence-corrected chi connectivity index (χ1v) is 5.74. The highest BCUT2D eigenvalue weighted by molar-refractivity contribution is 5.97. The van der Waals surface area contributed by atoms with Crippen molar-refractivity contribution >= 4 is 11.7 Å². The van der Waals surface area contributed by atoms with Crippen molar-refractivity contribution in [2.45, 2.75) is 13.1 Å². The van der Waals surface area contributed by atoms with E-state index in [9.17, 15) is 4.79 Å². The van der Waals surface area contributed by atoms with E-state index >= 15 is 0 Å². The number of hydrogen-bond donors (Lipinski definition) is 2. The van der Waals surface area contributed by atoms with Crippen LogP contribution in [0.1, 0.15) is 21.6 Å². The van der Waals surface area contributed by atoms with E-state index in [4.69, 9.17) is 0 Å². The second kappa shape index (κ2) is 4.44. The van der Waals surface area contributed by atoms with Crippen molar-refractivity contribution in [3.05, 3.63) is 53.5 Å². The Morgan fingerprint density at radius 1 is 1.33 bits per heavy atom. The van der Waals surface area contributed by atoms with Gasteiger partial charge in [0.05, 0.1) is 17.8 Å². The summed E-state index contributed by atoms with van der Waals surface area (Å²) in [7, 11) is 0. The molecule has 3 rings (SSSR count). The van der Waals surface area contributed by atoms with Gasteiger partial charge in [0.2, 0.25) is 0 Å². The van der Waals surface area contributed by atoms with E-state index < -0.39 is 0 Å². The molecule has 1 amide bonds. The molecule has 0 unspecified atom stereocenters. The van der Waals surface area contributed by atoms with Crippen molar-refractivity contribution in [3.63, 3.8) is 0 Å². The Kier molecular flexibility index (Phi) is 2.64. The number of fused-ring (bicyclic) bond motifs is 1. The van der Waals surface area contributed by atoms with Crippen LogP contribution in [0.5, 0.6) is 0 Å². The molecule has 90 valence electrons. The van der Waals surface area contributed by atoms with Crippen molar-refractivity contribution in [1.82, 2.24) is 15.3 Å². The Hall–Kier alpha value is -2.43. The van der Waals surface area contributed by atoms with Crippen molar-refractivity contribution in [2.75, 3.05) is 5.32 Å². The van der Waals surface area contributed by atoms with Crippen LogP contribution in [0.4, 0.5) is 5.82 Å². The number of aromatic nitrogens is 2. The summed E-state index contributed by atoms with van der Waals surface area (Å²) in [5.74, 6) is 0.727. The van der Waals surface area contributed by atoms with Gasteiger partial charge in [-0.25, -0.2) is 4.98 Å². The highest BCUT2D eigenvalue weighted by atomic mass is 16.1. The minimum atomic E-state index is -0.0451. The summed E-state index contributed by atoms with van der Waals surface area (Å²) >= 11 is 0. The lowest BCUT2D eigenvalue weighted by atomic mass is 10.2. The molecule has 0 saturated carbocycles. The Balaban J connectivity index is 1.73. The number of carbonyl (C=O) groups is 1. The lowest BCUT2D eigenvalue weighted by Crippen LogP contribution is -2.12. The summed E-state index contributed by atoms with van der Waals surface area (Å²) in [6.45, 7) is 1.18. The molecule has 18 heavy (non-hydrogen) atoms. The molecule has 5 nitrogen and oxygen atoms in total. The summed E-state index contributed by atoms with van der Waals surface area (Å²) in [6, 6.07) is 7.52. The van der Waals surface area contributed by atoms with Crippen LogP contribution in [0.3, 0.4) is 0 Å². The molecule has 1 aliphatic rings. The maximum Gasteiger partial charge on any atom is 0.253 e. The first-order chi connectivity index (χ1) is 8.83. The van der Waals surface area contributed by atoms with Crippen LogP contribution in [-0.2, 0) is 13.1 Å². The standard InChI is InChI=1S/C13H12N4O/c18-13-10-3-4-12(17-11(10)8-16-13)15-7-9-2-1-5-14-6-9/h1-6H,7-8H2,(H,15,17)(H,16,18). The molecule has 0 fully saturated rings. The highest BCUT2D eigenvalue weighted by Crippen LogP contribution is 2.16. The SMILES string of the molecule is O=C1NCc2nc(NCc3cccnc3)ccc21. The molecule has 0 aliphatic carbocycles. The smallest absolute Gasteiger partial charge is 0.253 e. The third-order valence-corrected chi connectivity index (χ3v) is 2.83. The summed E-state index contributed by atoms with van der Waals surface area (Å²) in [5.41, 5.74) is 2.56. The average molecular weight is 240 g/mol. The quantitative estimate of drug-likeness (QED) is 0.849. The van der Waals surface area contributed by atoms with E-state index in [1.807, 2.05) is 24.4 Å². The minimum absolute atomic E-state index is 0.0451. The molecular weight excluding hydrogens is 228 g/mol. The molecule has 1 aliphatic heterocycles. The number of amides is 1. The van der Waals surface area contributed by atoms with Crippen molar-refractivity contribution < 1.29 is 4.79 Å². The van der Waals surface area contributed by atoms with Crippen LogP contribution in [0.15, 0.2) is 36.7 Å². The molecule has 0 saturated heterocycles. The zero-order valence-electron chi connectivity index (χ0n) is 9.68. The topological polar surface area (TPSA) is 66.9 Å². The maximum absolute atomic E-state index is 11.4. The van der Waals surface area contributed by atoms with Gasteiger partial charge in [-0.2, -0.15) is 0 Å². The fourth-order valence-corrected chi connectivity index (χ4v) is 1.90. The van der Waals surface area contributed by atoms with E-state index in [1.54, 1.807) is 12.3 Å². The third kappa shape index (κ3) is 2.02. The molecular formula is C13H12N4O. The molecule has 0 radical (unpaired) electrons. The van der Waals surface area contributed by atoms with Crippen LogP contribution in [0.25, 0.3) is 0 Å². The maximum atomic E-state index is 11.4. The van der Waals surface area contributed by atoms with E-state index in [-0.39, 0.29) is 5.91 Å². The van der Waals surface area contributed by atoms with Crippen LogP contribution in [0, 0.1) is 0 Å². The van der Waals surface area contributed by atoms with E-state index in [0.29, 0.717) is 18.7 Å². The van der Waals surface area contributed by atoms with Crippen LogP contribution in [0.2, 0.25) is 0 Å². The van der Waals surface area contributed by atoms with Gasteiger partial charge in [-0.3, -0.25) is 9.78 Å². The van der Waals surface area contributed by atoms with Crippen molar-refractivity contribution in [1.29, 1.82) is 0 Å². The summed E-state index contributed by atoms with van der Waals surface area (Å²) in [5, 5.41) is 5.96. The molecule has 2 aromatic rings. The van der Waals surface area contributed by atoms with Gasteiger partial charge in [-0.15, -0.1) is 0 Å². The molecule has 0 spiro atoms. The highest BCUT2D eigenvalue weighted by Gasteiger charge is 2.19. The van der Waals surface area contributed by atoms with E-state index in [0.717, 1.165) is 17.1 Å². The second-order valence-electron chi connectivity index (χ2n) is 4.09. The first-order valence-electron chi connectivity index (χ1n) is 5.74.